The van der Waals surface area contributed by atoms with Gasteiger partial charge in [0.25, 0.3) is 0 Å². The maximum Gasteiger partial charge on any atom is 0.220 e. The first kappa shape index (κ1) is 14.5. The Bertz CT molecular complexity index is 213. The van der Waals surface area contributed by atoms with Crippen molar-refractivity contribution in [3.63, 3.8) is 0 Å². The largest absolute Gasteiger partial charge is 0.353 e. The van der Waals surface area contributed by atoms with E-state index < -0.39 is 0 Å². The second kappa shape index (κ2) is 8.48. The summed E-state index contributed by atoms with van der Waals surface area (Å²) < 4.78 is 0. The van der Waals surface area contributed by atoms with Crippen molar-refractivity contribution in [3.8, 4) is 0 Å². The highest BCUT2D eigenvalue weighted by Crippen LogP contribution is 2.09. The lowest BCUT2D eigenvalue weighted by molar-refractivity contribution is -0.122. The first-order chi connectivity index (χ1) is 8.22. The summed E-state index contributed by atoms with van der Waals surface area (Å²) in [6.07, 6.45) is 7.22. The van der Waals surface area contributed by atoms with E-state index in [1.165, 1.54) is 0 Å². The standard InChI is InChI=1S/C13H27N3O/c1-16-10-7-12(8-11-16)15-13(17)6-4-2-3-5-9-14/h12H,2-11,14H2,1H3,(H,15,17). The van der Waals surface area contributed by atoms with E-state index in [4.69, 9.17) is 5.73 Å². The number of hydrogen-bond donors (Lipinski definition) is 2. The third-order valence-electron chi connectivity index (χ3n) is 3.44. The number of carbonyl (C=O) groups is 1. The third-order valence-corrected chi connectivity index (χ3v) is 3.44. The Morgan fingerprint density at radius 3 is 2.53 bits per heavy atom. The van der Waals surface area contributed by atoms with Gasteiger partial charge in [-0.3, -0.25) is 4.79 Å². The molecule has 0 saturated carbocycles. The molecule has 0 radical (unpaired) electrons. The van der Waals surface area contributed by atoms with Crippen LogP contribution in [0.1, 0.15) is 44.9 Å². The topological polar surface area (TPSA) is 58.4 Å². The number of nitrogens with zero attached hydrogens (tertiary/aromatic N) is 1. The van der Waals surface area contributed by atoms with Crippen LogP contribution in [0.25, 0.3) is 0 Å². The van der Waals surface area contributed by atoms with E-state index in [1.807, 2.05) is 0 Å². The van der Waals surface area contributed by atoms with Gasteiger partial charge in [-0.2, -0.15) is 0 Å². The number of likely N-dealkylation sites (tertiary alicyclic amines) is 1. The highest BCUT2D eigenvalue weighted by atomic mass is 16.1. The maximum absolute atomic E-state index is 11.7. The van der Waals surface area contributed by atoms with Gasteiger partial charge in [0.1, 0.15) is 0 Å². The van der Waals surface area contributed by atoms with E-state index in [1.54, 1.807) is 0 Å². The molecule has 0 unspecified atom stereocenters. The molecule has 0 spiro atoms. The monoisotopic (exact) mass is 241 g/mol. The Kier molecular flexibility index (Phi) is 7.21. The molecule has 1 heterocycles. The number of nitrogens with two attached hydrogens (primary N) is 1. The smallest absolute Gasteiger partial charge is 0.220 e. The molecule has 0 aliphatic carbocycles. The van der Waals surface area contributed by atoms with Crippen molar-refractivity contribution < 1.29 is 4.79 Å². The number of piperidine rings is 1. The fourth-order valence-corrected chi connectivity index (χ4v) is 2.24. The summed E-state index contributed by atoms with van der Waals surface area (Å²) in [7, 11) is 2.13. The van der Waals surface area contributed by atoms with E-state index in [9.17, 15) is 4.79 Å². The number of nitrogens with one attached hydrogen (secondary N) is 1. The van der Waals surface area contributed by atoms with E-state index in [0.717, 1.165) is 58.2 Å². The first-order valence-electron chi connectivity index (χ1n) is 6.90. The van der Waals surface area contributed by atoms with Crippen LogP contribution in [-0.2, 0) is 4.79 Å². The third kappa shape index (κ3) is 6.64. The molecule has 4 heteroatoms. The van der Waals surface area contributed by atoms with Crippen molar-refractivity contribution in [2.45, 2.75) is 51.0 Å². The van der Waals surface area contributed by atoms with Gasteiger partial charge in [-0.05, 0) is 52.4 Å². The Hall–Kier alpha value is -0.610. The minimum Gasteiger partial charge on any atom is -0.353 e. The molecule has 1 amide bonds. The normalized spacial score (nSPS) is 18.2. The zero-order chi connectivity index (χ0) is 12.5. The molecule has 4 nitrogen and oxygen atoms in total. The predicted molar refractivity (Wildman–Crippen MR) is 70.8 cm³/mol. The van der Waals surface area contributed by atoms with Gasteiger partial charge in [-0.15, -0.1) is 0 Å². The van der Waals surface area contributed by atoms with Crippen LogP contribution in [0.3, 0.4) is 0 Å². The van der Waals surface area contributed by atoms with Crippen molar-refractivity contribution >= 4 is 5.91 Å². The van der Waals surface area contributed by atoms with Gasteiger partial charge < -0.3 is 16.0 Å². The average Bonchev–Trinajstić information content (AvgIpc) is 2.32. The Balaban J connectivity index is 2.00. The molecule has 17 heavy (non-hydrogen) atoms. The first-order valence-corrected chi connectivity index (χ1v) is 6.90. The molecule has 1 aliphatic rings. The van der Waals surface area contributed by atoms with Crippen LogP contribution in [0.5, 0.6) is 0 Å². The number of rotatable bonds is 7. The van der Waals surface area contributed by atoms with Crippen molar-refractivity contribution in [1.29, 1.82) is 0 Å². The molecule has 1 rings (SSSR count). The zero-order valence-corrected chi connectivity index (χ0v) is 11.1. The van der Waals surface area contributed by atoms with Gasteiger partial charge in [0, 0.05) is 12.5 Å². The number of amides is 1. The summed E-state index contributed by atoms with van der Waals surface area (Å²) >= 11 is 0. The molecule has 0 aromatic heterocycles. The second-order valence-corrected chi connectivity index (χ2v) is 5.10. The van der Waals surface area contributed by atoms with Gasteiger partial charge in [-0.25, -0.2) is 0 Å². The van der Waals surface area contributed by atoms with Gasteiger partial charge in [0.05, 0.1) is 0 Å². The minimum atomic E-state index is 0.229. The molecule has 3 N–H and O–H groups in total. The summed E-state index contributed by atoms with van der Waals surface area (Å²) in [6.45, 7) is 2.96. The SMILES string of the molecule is CN1CCC(NC(=O)CCCCCCN)CC1. The van der Waals surface area contributed by atoms with E-state index in [-0.39, 0.29) is 5.91 Å². The lowest BCUT2D eigenvalue weighted by Gasteiger charge is -2.29. The molecule has 1 aliphatic heterocycles. The quantitative estimate of drug-likeness (QED) is 0.656. The second-order valence-electron chi connectivity index (χ2n) is 5.10. The molecule has 100 valence electrons. The molecule has 0 atom stereocenters. The molecule has 0 aromatic carbocycles. The van der Waals surface area contributed by atoms with Crippen molar-refractivity contribution in [3.05, 3.63) is 0 Å². The van der Waals surface area contributed by atoms with Gasteiger partial charge in [0.2, 0.25) is 5.91 Å². The van der Waals surface area contributed by atoms with Crippen LogP contribution in [0.4, 0.5) is 0 Å². The summed E-state index contributed by atoms with van der Waals surface area (Å²) in [5.74, 6) is 0.229. The number of hydrogen-bond acceptors (Lipinski definition) is 3. The van der Waals surface area contributed by atoms with Crippen molar-refractivity contribution in [1.82, 2.24) is 10.2 Å². The summed E-state index contributed by atoms with van der Waals surface area (Å²) in [4.78, 5) is 14.0. The molecular weight excluding hydrogens is 214 g/mol. The Morgan fingerprint density at radius 2 is 1.88 bits per heavy atom. The van der Waals surface area contributed by atoms with E-state index in [0.29, 0.717) is 12.5 Å². The Labute approximate surface area is 105 Å². The average molecular weight is 241 g/mol. The van der Waals surface area contributed by atoms with Gasteiger partial charge in [0.15, 0.2) is 0 Å². The van der Waals surface area contributed by atoms with Crippen LogP contribution in [-0.4, -0.2) is 43.5 Å². The lowest BCUT2D eigenvalue weighted by atomic mass is 10.0. The molecule has 1 saturated heterocycles. The van der Waals surface area contributed by atoms with Gasteiger partial charge in [-0.1, -0.05) is 12.8 Å². The molecular formula is C13H27N3O. The van der Waals surface area contributed by atoms with Crippen LogP contribution >= 0.6 is 0 Å². The summed E-state index contributed by atoms with van der Waals surface area (Å²) in [5.41, 5.74) is 5.42. The molecule has 0 bridgehead atoms. The summed E-state index contributed by atoms with van der Waals surface area (Å²) in [6, 6.07) is 0.405. The maximum atomic E-state index is 11.7. The predicted octanol–water partition coefficient (Wildman–Crippen LogP) is 1.11. The Morgan fingerprint density at radius 1 is 1.24 bits per heavy atom. The lowest BCUT2D eigenvalue weighted by Crippen LogP contribution is -2.43. The number of carbonyl (C=O) groups excluding carboxylic acids is 1. The molecule has 1 fully saturated rings. The zero-order valence-electron chi connectivity index (χ0n) is 11.1. The van der Waals surface area contributed by atoms with E-state index >= 15 is 0 Å². The van der Waals surface area contributed by atoms with Crippen molar-refractivity contribution in [2.24, 2.45) is 5.73 Å². The molecule has 0 aromatic rings. The van der Waals surface area contributed by atoms with Gasteiger partial charge >= 0.3 is 0 Å². The van der Waals surface area contributed by atoms with Crippen LogP contribution < -0.4 is 11.1 Å². The van der Waals surface area contributed by atoms with E-state index in [2.05, 4.69) is 17.3 Å². The van der Waals surface area contributed by atoms with Crippen LogP contribution in [0, 0.1) is 0 Å². The highest BCUT2D eigenvalue weighted by Gasteiger charge is 2.17. The minimum absolute atomic E-state index is 0.229. The fourth-order valence-electron chi connectivity index (χ4n) is 2.24. The highest BCUT2D eigenvalue weighted by molar-refractivity contribution is 5.76. The number of unbranched alkanes of at least 4 members (excludes halogenated alkanes) is 3. The van der Waals surface area contributed by atoms with Crippen LogP contribution in [0.15, 0.2) is 0 Å². The summed E-state index contributed by atoms with van der Waals surface area (Å²) in [5, 5.41) is 3.14. The van der Waals surface area contributed by atoms with Crippen LogP contribution in [0.2, 0.25) is 0 Å². The van der Waals surface area contributed by atoms with Crippen molar-refractivity contribution in [2.75, 3.05) is 26.7 Å². The fraction of sp³-hybridized carbons (Fsp3) is 0.923.